The van der Waals surface area contributed by atoms with E-state index in [-0.39, 0.29) is 5.92 Å². The zero-order valence-corrected chi connectivity index (χ0v) is 14.2. The maximum Gasteiger partial charge on any atom is 0.146 e. The van der Waals surface area contributed by atoms with Gasteiger partial charge in [-0.1, -0.05) is 0 Å². The maximum absolute atomic E-state index is 9.20. The van der Waals surface area contributed by atoms with Gasteiger partial charge in [0.2, 0.25) is 0 Å². The van der Waals surface area contributed by atoms with Gasteiger partial charge >= 0.3 is 0 Å². The number of rotatable bonds is 7. The number of aromatic nitrogens is 3. The molecule has 0 aliphatic carbocycles. The van der Waals surface area contributed by atoms with Crippen LogP contribution in [0, 0.1) is 35.5 Å². The third-order valence-electron chi connectivity index (χ3n) is 4.71. The highest BCUT2D eigenvalue weighted by molar-refractivity contribution is 4.95. The van der Waals surface area contributed by atoms with Crippen LogP contribution in [0.15, 0.2) is 0 Å². The fourth-order valence-electron chi connectivity index (χ4n) is 3.03. The highest BCUT2D eigenvalue weighted by atomic mass is 15.3. The largest absolute Gasteiger partial charge is 0.317 e. The Labute approximate surface area is 138 Å². The number of aryl methyl sites for hydroxylation is 1. The van der Waals surface area contributed by atoms with Crippen LogP contribution >= 0.6 is 0 Å². The average Bonchev–Trinajstić information content (AvgIpc) is 3.13. The molecular formula is C16H25N7. The zero-order chi connectivity index (χ0) is 16.8. The lowest BCUT2D eigenvalue weighted by atomic mass is 10.1. The Hall–Kier alpha value is -1.96. The van der Waals surface area contributed by atoms with Crippen molar-refractivity contribution in [2.45, 2.75) is 38.8 Å². The Morgan fingerprint density at radius 3 is 2.78 bits per heavy atom. The highest BCUT2D eigenvalue weighted by Crippen LogP contribution is 2.18. The zero-order valence-electron chi connectivity index (χ0n) is 14.2. The van der Waals surface area contributed by atoms with Crippen molar-refractivity contribution in [3.8, 4) is 12.1 Å². The molecule has 0 unspecified atom stereocenters. The fraction of sp³-hybridized carbons (Fsp3) is 0.750. The molecule has 7 heteroatoms. The molecule has 1 aliphatic rings. The summed E-state index contributed by atoms with van der Waals surface area (Å²) >= 11 is 0. The average molecular weight is 315 g/mol. The number of likely N-dealkylation sites (tertiary alicyclic amines) is 1. The van der Waals surface area contributed by atoms with E-state index in [2.05, 4.69) is 39.2 Å². The molecule has 0 aromatic carbocycles. The van der Waals surface area contributed by atoms with Crippen LogP contribution in [0.2, 0.25) is 0 Å². The number of nitriles is 2. The van der Waals surface area contributed by atoms with E-state index in [0.29, 0.717) is 18.9 Å². The van der Waals surface area contributed by atoms with Crippen molar-refractivity contribution in [2.75, 3.05) is 26.7 Å². The van der Waals surface area contributed by atoms with Crippen LogP contribution < -0.4 is 0 Å². The van der Waals surface area contributed by atoms with Crippen LogP contribution in [0.4, 0.5) is 0 Å². The first-order valence-electron chi connectivity index (χ1n) is 8.09. The lowest BCUT2D eigenvalue weighted by Crippen LogP contribution is -2.36. The van der Waals surface area contributed by atoms with Gasteiger partial charge in [-0.2, -0.15) is 10.5 Å². The van der Waals surface area contributed by atoms with Gasteiger partial charge in [-0.25, -0.2) is 0 Å². The van der Waals surface area contributed by atoms with Gasteiger partial charge < -0.3 is 9.47 Å². The lowest BCUT2D eigenvalue weighted by molar-refractivity contribution is 0.212. The highest BCUT2D eigenvalue weighted by Gasteiger charge is 2.28. The standard InChI is InChI=1S/C16H25N7/c1-13-19-20-16(22(13)3)12-21(2)15-6-8-23(11-15)10-14(9-18)5-4-7-17/h14-15H,4-6,8,10-12H2,1-3H3/t14-,15+/m1/s1. The third-order valence-corrected chi connectivity index (χ3v) is 4.71. The number of nitrogens with zero attached hydrogens (tertiary/aromatic N) is 7. The van der Waals surface area contributed by atoms with E-state index in [1.165, 1.54) is 0 Å². The normalized spacial score (nSPS) is 19.7. The molecule has 0 saturated carbocycles. The molecule has 1 aromatic heterocycles. The van der Waals surface area contributed by atoms with Crippen LogP contribution in [0.5, 0.6) is 0 Å². The third kappa shape index (κ3) is 4.51. The van der Waals surface area contributed by atoms with Gasteiger partial charge in [-0.15, -0.1) is 10.2 Å². The second kappa shape index (κ2) is 8.05. The molecule has 0 bridgehead atoms. The van der Waals surface area contributed by atoms with Crippen molar-refractivity contribution < 1.29 is 0 Å². The second-order valence-corrected chi connectivity index (χ2v) is 6.36. The molecule has 0 spiro atoms. The molecule has 2 rings (SSSR count). The molecule has 23 heavy (non-hydrogen) atoms. The molecule has 7 nitrogen and oxygen atoms in total. The van der Waals surface area contributed by atoms with Gasteiger partial charge in [0.15, 0.2) is 0 Å². The molecule has 1 saturated heterocycles. The summed E-state index contributed by atoms with van der Waals surface area (Å²) in [4.78, 5) is 4.66. The summed E-state index contributed by atoms with van der Waals surface area (Å²) in [5.74, 6) is 1.86. The van der Waals surface area contributed by atoms with Gasteiger partial charge in [0.05, 0.1) is 24.6 Å². The molecule has 2 heterocycles. The molecule has 1 aliphatic heterocycles. The van der Waals surface area contributed by atoms with E-state index in [4.69, 9.17) is 5.26 Å². The summed E-state index contributed by atoms with van der Waals surface area (Å²) in [6.45, 7) is 5.49. The SMILES string of the molecule is Cc1nnc(CN(C)[C@H]2CCN(C[C@@H](C#N)CCC#N)C2)n1C. The van der Waals surface area contributed by atoms with Gasteiger partial charge in [0, 0.05) is 32.6 Å². The first-order chi connectivity index (χ1) is 11.0. The fourth-order valence-corrected chi connectivity index (χ4v) is 3.03. The molecular weight excluding hydrogens is 290 g/mol. The number of likely N-dealkylation sites (N-methyl/N-ethyl adjacent to an activating group) is 1. The lowest BCUT2D eigenvalue weighted by Gasteiger charge is -2.24. The van der Waals surface area contributed by atoms with Crippen molar-refractivity contribution in [1.82, 2.24) is 24.6 Å². The first-order valence-corrected chi connectivity index (χ1v) is 8.09. The van der Waals surface area contributed by atoms with Crippen molar-refractivity contribution >= 4 is 0 Å². The summed E-state index contributed by atoms with van der Waals surface area (Å²) in [5.41, 5.74) is 0. The predicted octanol–water partition coefficient (Wildman–Crippen LogP) is 1.07. The summed E-state index contributed by atoms with van der Waals surface area (Å²) in [6, 6.07) is 4.93. The topological polar surface area (TPSA) is 84.8 Å². The minimum Gasteiger partial charge on any atom is -0.317 e. The molecule has 0 radical (unpaired) electrons. The molecule has 1 aromatic rings. The van der Waals surface area contributed by atoms with Crippen molar-refractivity contribution in [3.63, 3.8) is 0 Å². The van der Waals surface area contributed by atoms with Gasteiger partial charge in [0.25, 0.3) is 0 Å². The summed E-state index contributed by atoms with van der Waals surface area (Å²) in [7, 11) is 4.11. The van der Waals surface area contributed by atoms with Crippen molar-refractivity contribution in [2.24, 2.45) is 13.0 Å². The van der Waals surface area contributed by atoms with E-state index in [1.54, 1.807) is 0 Å². The Kier molecular flexibility index (Phi) is 6.09. The van der Waals surface area contributed by atoms with Gasteiger partial charge in [0.1, 0.15) is 11.6 Å². The summed E-state index contributed by atoms with van der Waals surface area (Å²) in [5, 5.41) is 26.2. The summed E-state index contributed by atoms with van der Waals surface area (Å²) in [6.07, 6.45) is 2.23. The van der Waals surface area contributed by atoms with Crippen molar-refractivity contribution in [3.05, 3.63) is 11.6 Å². The molecule has 124 valence electrons. The smallest absolute Gasteiger partial charge is 0.146 e. The van der Waals surface area contributed by atoms with Gasteiger partial charge in [-0.05, 0) is 33.4 Å². The Morgan fingerprint density at radius 1 is 1.39 bits per heavy atom. The predicted molar refractivity (Wildman–Crippen MR) is 86.0 cm³/mol. The van der Waals surface area contributed by atoms with E-state index in [9.17, 15) is 5.26 Å². The van der Waals surface area contributed by atoms with Crippen LogP contribution in [-0.2, 0) is 13.6 Å². The van der Waals surface area contributed by atoms with Gasteiger partial charge in [-0.3, -0.25) is 4.90 Å². The van der Waals surface area contributed by atoms with Crippen LogP contribution in [0.25, 0.3) is 0 Å². The monoisotopic (exact) mass is 315 g/mol. The van der Waals surface area contributed by atoms with E-state index in [1.807, 2.05) is 18.5 Å². The van der Waals surface area contributed by atoms with Crippen LogP contribution in [0.3, 0.4) is 0 Å². The maximum atomic E-state index is 9.20. The second-order valence-electron chi connectivity index (χ2n) is 6.36. The van der Waals surface area contributed by atoms with E-state index >= 15 is 0 Å². The Bertz CT molecular complexity index is 595. The number of hydrogen-bond donors (Lipinski definition) is 0. The molecule has 1 fully saturated rings. The Balaban J connectivity index is 1.83. The summed E-state index contributed by atoms with van der Waals surface area (Å²) < 4.78 is 2.02. The van der Waals surface area contributed by atoms with Crippen LogP contribution in [0.1, 0.15) is 30.9 Å². The molecule has 0 N–H and O–H groups in total. The minimum absolute atomic E-state index is 0.0416. The van der Waals surface area contributed by atoms with Crippen LogP contribution in [-0.4, -0.2) is 57.3 Å². The quantitative estimate of drug-likeness (QED) is 0.748. The van der Waals surface area contributed by atoms with E-state index < -0.39 is 0 Å². The molecule has 2 atom stereocenters. The Morgan fingerprint density at radius 2 is 2.17 bits per heavy atom. The minimum atomic E-state index is -0.0416. The first kappa shape index (κ1) is 17.4. The molecule has 0 amide bonds. The van der Waals surface area contributed by atoms with Crippen molar-refractivity contribution in [1.29, 1.82) is 10.5 Å². The number of hydrogen-bond acceptors (Lipinski definition) is 6. The van der Waals surface area contributed by atoms with E-state index in [0.717, 1.165) is 44.2 Å².